The van der Waals surface area contributed by atoms with Gasteiger partial charge >= 0.3 is 0 Å². The van der Waals surface area contributed by atoms with Crippen LogP contribution in [0.15, 0.2) is 40.9 Å². The zero-order valence-electron chi connectivity index (χ0n) is 15.0. The number of amides is 1. The second kappa shape index (κ2) is 7.09. The number of hydrogen-bond acceptors (Lipinski definition) is 2. The Bertz CT molecular complexity index is 1180. The molecule has 0 fully saturated rings. The summed E-state index contributed by atoms with van der Waals surface area (Å²) in [6.45, 7) is 4.42. The van der Waals surface area contributed by atoms with Gasteiger partial charge in [0.15, 0.2) is 0 Å². The third kappa shape index (κ3) is 3.39. The van der Waals surface area contributed by atoms with Gasteiger partial charge in [0, 0.05) is 26.8 Å². The average Bonchev–Trinajstić information content (AvgIpc) is 3.20. The van der Waals surface area contributed by atoms with Crippen LogP contribution in [-0.4, -0.2) is 17.4 Å². The lowest BCUT2D eigenvalue weighted by Crippen LogP contribution is -2.25. The number of aromatic amines is 1. The van der Waals surface area contributed by atoms with Crippen molar-refractivity contribution in [2.75, 3.05) is 6.54 Å². The molecule has 6 heteroatoms. The van der Waals surface area contributed by atoms with Crippen LogP contribution in [0, 0.1) is 19.7 Å². The standard InChI is InChI=1S/C21H18BrFN2OS/c1-11-3-6-16(23)20-19(11)15(12(2)25-20)7-8-24-21(26)18-9-13-4-5-14(22)10-17(13)27-18/h3-6,9-10,25H,7-8H2,1-2H3,(H,24,26). The van der Waals surface area contributed by atoms with Gasteiger partial charge in [-0.15, -0.1) is 11.3 Å². The maximum absolute atomic E-state index is 14.1. The third-order valence-corrected chi connectivity index (χ3v) is 6.39. The smallest absolute Gasteiger partial charge is 0.261 e. The number of carbonyl (C=O) groups excluding carboxylic acids is 1. The third-order valence-electron chi connectivity index (χ3n) is 4.80. The normalized spacial score (nSPS) is 11.4. The van der Waals surface area contributed by atoms with E-state index in [0.717, 1.165) is 36.8 Å². The Labute approximate surface area is 168 Å². The summed E-state index contributed by atoms with van der Waals surface area (Å²) < 4.78 is 16.1. The van der Waals surface area contributed by atoms with Crippen LogP contribution in [0.25, 0.3) is 21.0 Å². The molecule has 0 bridgehead atoms. The topological polar surface area (TPSA) is 44.9 Å². The van der Waals surface area contributed by atoms with Crippen LogP contribution in [-0.2, 0) is 6.42 Å². The van der Waals surface area contributed by atoms with Crippen LogP contribution in [0.1, 0.15) is 26.5 Å². The highest BCUT2D eigenvalue weighted by molar-refractivity contribution is 9.10. The molecule has 138 valence electrons. The Balaban J connectivity index is 1.51. The molecule has 0 radical (unpaired) electrons. The minimum Gasteiger partial charge on any atom is -0.356 e. The summed E-state index contributed by atoms with van der Waals surface area (Å²) in [5.74, 6) is -0.321. The van der Waals surface area contributed by atoms with Crippen molar-refractivity contribution < 1.29 is 9.18 Å². The average molecular weight is 445 g/mol. The van der Waals surface area contributed by atoms with Gasteiger partial charge in [-0.2, -0.15) is 0 Å². The molecule has 2 aromatic heterocycles. The first-order valence-electron chi connectivity index (χ1n) is 8.67. The van der Waals surface area contributed by atoms with Crippen molar-refractivity contribution in [3.63, 3.8) is 0 Å². The Morgan fingerprint density at radius 1 is 1.22 bits per heavy atom. The van der Waals surface area contributed by atoms with E-state index in [-0.39, 0.29) is 11.7 Å². The molecule has 0 saturated carbocycles. The molecule has 2 aromatic carbocycles. The van der Waals surface area contributed by atoms with Crippen molar-refractivity contribution in [1.82, 2.24) is 10.3 Å². The molecule has 2 N–H and O–H groups in total. The number of aromatic nitrogens is 1. The molecule has 0 unspecified atom stereocenters. The van der Waals surface area contributed by atoms with Gasteiger partial charge in [-0.1, -0.05) is 28.1 Å². The fraction of sp³-hybridized carbons (Fsp3) is 0.190. The SMILES string of the molecule is Cc1[nH]c2c(F)ccc(C)c2c1CCNC(=O)c1cc2ccc(Br)cc2s1. The van der Waals surface area contributed by atoms with Crippen LogP contribution in [0.3, 0.4) is 0 Å². The van der Waals surface area contributed by atoms with Gasteiger partial charge in [0.2, 0.25) is 0 Å². The number of fused-ring (bicyclic) bond motifs is 2. The highest BCUT2D eigenvalue weighted by Crippen LogP contribution is 2.29. The number of thiophene rings is 1. The Kier molecular flexibility index (Phi) is 4.78. The van der Waals surface area contributed by atoms with Gasteiger partial charge in [-0.3, -0.25) is 4.79 Å². The molecule has 4 rings (SSSR count). The quantitative estimate of drug-likeness (QED) is 0.405. The zero-order valence-corrected chi connectivity index (χ0v) is 17.4. The van der Waals surface area contributed by atoms with Crippen LogP contribution in [0.4, 0.5) is 4.39 Å². The summed E-state index contributed by atoms with van der Waals surface area (Å²) >= 11 is 4.94. The Morgan fingerprint density at radius 2 is 2.04 bits per heavy atom. The Morgan fingerprint density at radius 3 is 2.85 bits per heavy atom. The van der Waals surface area contributed by atoms with Crippen molar-refractivity contribution in [3.8, 4) is 0 Å². The van der Waals surface area contributed by atoms with Crippen LogP contribution in [0.2, 0.25) is 0 Å². The molecule has 0 aliphatic rings. The minimum atomic E-state index is -0.245. The predicted octanol–water partition coefficient (Wildman–Crippen LogP) is 5.87. The van der Waals surface area contributed by atoms with Gasteiger partial charge in [0.05, 0.1) is 10.4 Å². The second-order valence-electron chi connectivity index (χ2n) is 6.64. The van der Waals surface area contributed by atoms with Crippen molar-refractivity contribution >= 4 is 54.2 Å². The monoisotopic (exact) mass is 444 g/mol. The summed E-state index contributed by atoms with van der Waals surface area (Å²) in [4.78, 5) is 16.4. The van der Waals surface area contributed by atoms with E-state index in [4.69, 9.17) is 0 Å². The summed E-state index contributed by atoms with van der Waals surface area (Å²) in [6.07, 6.45) is 0.651. The van der Waals surface area contributed by atoms with E-state index in [1.165, 1.54) is 17.4 Å². The van der Waals surface area contributed by atoms with Gasteiger partial charge < -0.3 is 10.3 Å². The van der Waals surface area contributed by atoms with Gasteiger partial charge in [-0.25, -0.2) is 4.39 Å². The predicted molar refractivity (Wildman–Crippen MR) is 113 cm³/mol. The number of hydrogen-bond donors (Lipinski definition) is 2. The summed E-state index contributed by atoms with van der Waals surface area (Å²) in [5, 5.41) is 4.98. The molecule has 1 amide bonds. The zero-order chi connectivity index (χ0) is 19.1. The molecule has 0 aliphatic carbocycles. The van der Waals surface area contributed by atoms with Crippen molar-refractivity contribution in [2.45, 2.75) is 20.3 Å². The molecule has 0 saturated heterocycles. The van der Waals surface area contributed by atoms with Crippen molar-refractivity contribution in [1.29, 1.82) is 0 Å². The maximum Gasteiger partial charge on any atom is 0.261 e. The lowest BCUT2D eigenvalue weighted by molar-refractivity contribution is 0.0958. The summed E-state index contributed by atoms with van der Waals surface area (Å²) in [6, 6.07) is 11.2. The number of aryl methyl sites for hydroxylation is 2. The molecule has 3 nitrogen and oxygen atoms in total. The van der Waals surface area contributed by atoms with Gasteiger partial charge in [0.25, 0.3) is 5.91 Å². The number of halogens is 2. The number of rotatable bonds is 4. The molecule has 0 atom stereocenters. The van der Waals surface area contributed by atoms with Gasteiger partial charge in [0.1, 0.15) is 5.82 Å². The lowest BCUT2D eigenvalue weighted by Gasteiger charge is -2.06. The van der Waals surface area contributed by atoms with E-state index in [9.17, 15) is 9.18 Å². The first-order chi connectivity index (χ1) is 12.9. The van der Waals surface area contributed by atoms with Crippen LogP contribution in [0.5, 0.6) is 0 Å². The molecular weight excluding hydrogens is 427 g/mol. The summed E-state index contributed by atoms with van der Waals surface area (Å²) in [7, 11) is 0. The van der Waals surface area contributed by atoms with E-state index < -0.39 is 0 Å². The maximum atomic E-state index is 14.1. The first kappa shape index (κ1) is 18.2. The number of nitrogens with one attached hydrogen (secondary N) is 2. The molecule has 0 spiro atoms. The summed E-state index contributed by atoms with van der Waals surface area (Å²) in [5.41, 5.74) is 3.58. The van der Waals surface area contributed by atoms with Crippen LogP contribution < -0.4 is 5.32 Å². The van der Waals surface area contributed by atoms with E-state index in [0.29, 0.717) is 23.4 Å². The second-order valence-corrected chi connectivity index (χ2v) is 8.64. The molecule has 0 aliphatic heterocycles. The van der Waals surface area contributed by atoms with E-state index >= 15 is 0 Å². The molecule has 4 aromatic rings. The Hall–Kier alpha value is -2.18. The fourth-order valence-corrected chi connectivity index (χ4v) is 4.99. The number of carbonyl (C=O) groups is 1. The van der Waals surface area contributed by atoms with Crippen molar-refractivity contribution in [2.24, 2.45) is 0 Å². The lowest BCUT2D eigenvalue weighted by atomic mass is 10.0. The van der Waals surface area contributed by atoms with Crippen molar-refractivity contribution in [3.05, 3.63) is 68.4 Å². The largest absolute Gasteiger partial charge is 0.356 e. The number of benzene rings is 2. The minimum absolute atomic E-state index is 0.0762. The highest BCUT2D eigenvalue weighted by atomic mass is 79.9. The fourth-order valence-electron chi connectivity index (χ4n) is 3.46. The first-order valence-corrected chi connectivity index (χ1v) is 10.3. The van der Waals surface area contributed by atoms with Crippen LogP contribution >= 0.6 is 27.3 Å². The van der Waals surface area contributed by atoms with E-state index in [2.05, 4.69) is 26.2 Å². The molecule has 27 heavy (non-hydrogen) atoms. The van der Waals surface area contributed by atoms with E-state index in [1.807, 2.05) is 38.1 Å². The van der Waals surface area contributed by atoms with Gasteiger partial charge in [-0.05, 0) is 61.0 Å². The molecule has 2 heterocycles. The molecular formula is C21H18BrFN2OS. The highest BCUT2D eigenvalue weighted by Gasteiger charge is 2.15. The number of H-pyrrole nitrogens is 1. The van der Waals surface area contributed by atoms with E-state index in [1.54, 1.807) is 6.07 Å².